The minimum Gasteiger partial charge on any atom is -0.396 e. The number of hydrogen-bond acceptors (Lipinski definition) is 6. The second-order valence-corrected chi connectivity index (χ2v) is 4.65. The maximum Gasteiger partial charge on any atom is 0.345 e. The van der Waals surface area contributed by atoms with Crippen LogP contribution in [0.25, 0.3) is 0 Å². The fourth-order valence-corrected chi connectivity index (χ4v) is 1.66. The highest BCUT2D eigenvalue weighted by Crippen LogP contribution is 2.28. The van der Waals surface area contributed by atoms with Gasteiger partial charge in [-0.3, -0.25) is 0 Å². The molecule has 4 nitrogen and oxygen atoms in total. The molecule has 1 fully saturated rings. The van der Waals surface area contributed by atoms with Crippen LogP contribution >= 0.6 is 25.3 Å². The van der Waals surface area contributed by atoms with Gasteiger partial charge in [0.05, 0.1) is 5.92 Å². The Kier molecular flexibility index (Phi) is 10.3. The van der Waals surface area contributed by atoms with E-state index in [0.29, 0.717) is 18.8 Å². The first-order chi connectivity index (χ1) is 7.69. The van der Waals surface area contributed by atoms with Crippen LogP contribution in [-0.2, 0) is 9.68 Å². The van der Waals surface area contributed by atoms with Crippen molar-refractivity contribution in [2.24, 2.45) is 11.8 Å². The third kappa shape index (κ3) is 6.62. The van der Waals surface area contributed by atoms with Crippen molar-refractivity contribution >= 4 is 31.2 Å². The largest absolute Gasteiger partial charge is 0.396 e. The van der Waals surface area contributed by atoms with Gasteiger partial charge in [-0.15, -0.1) is 0 Å². The molecule has 96 valence electrons. The van der Waals surface area contributed by atoms with E-state index >= 15 is 0 Å². The molecule has 0 aromatic carbocycles. The summed E-state index contributed by atoms with van der Waals surface area (Å²) in [5.41, 5.74) is 0. The number of aliphatic hydroxyl groups excluding tert-OH is 1. The summed E-state index contributed by atoms with van der Waals surface area (Å²) < 4.78 is 0. The Hall–Kier alpha value is 0.0900. The number of rotatable bonds is 3. The van der Waals surface area contributed by atoms with Gasteiger partial charge in [0, 0.05) is 6.61 Å². The third-order valence-electron chi connectivity index (χ3n) is 2.63. The van der Waals surface area contributed by atoms with Gasteiger partial charge < -0.3 is 9.99 Å². The van der Waals surface area contributed by atoms with Crippen molar-refractivity contribution in [3.05, 3.63) is 0 Å². The van der Waals surface area contributed by atoms with E-state index in [2.05, 4.69) is 30.1 Å². The van der Waals surface area contributed by atoms with E-state index in [-0.39, 0.29) is 12.5 Å². The van der Waals surface area contributed by atoms with Crippen LogP contribution in [0.3, 0.4) is 0 Å². The quantitative estimate of drug-likeness (QED) is 0.357. The molecular formula is C10H20O4S2. The molecule has 1 saturated carbocycles. The zero-order valence-electron chi connectivity index (χ0n) is 9.21. The fraction of sp³-hybridized carbons (Fsp3) is 0.900. The smallest absolute Gasteiger partial charge is 0.345 e. The van der Waals surface area contributed by atoms with Crippen LogP contribution in [0.2, 0.25) is 0 Å². The van der Waals surface area contributed by atoms with Crippen LogP contribution in [0.15, 0.2) is 0 Å². The lowest BCUT2D eigenvalue weighted by Gasteiger charge is -2.24. The molecule has 0 heterocycles. The Balaban J connectivity index is 0.000000487. The molecule has 1 aliphatic carbocycles. The second-order valence-electron chi connectivity index (χ2n) is 3.76. The Labute approximate surface area is 107 Å². The van der Waals surface area contributed by atoms with Crippen LogP contribution in [0, 0.1) is 11.8 Å². The first kappa shape index (κ1) is 16.1. The first-order valence-electron chi connectivity index (χ1n) is 5.37. The van der Waals surface area contributed by atoms with Gasteiger partial charge in [-0.05, 0) is 43.1 Å². The van der Waals surface area contributed by atoms with Crippen LogP contribution in [0.1, 0.15) is 25.7 Å². The van der Waals surface area contributed by atoms with Crippen molar-refractivity contribution < 1.29 is 20.0 Å². The highest BCUT2D eigenvalue weighted by molar-refractivity contribution is 7.84. The highest BCUT2D eigenvalue weighted by atomic mass is 32.1. The standard InChI is InChI=1S/C8H14O4.C2H6S2/c9-5-6-1-3-7(4-2-6)8(10)12-11;3-1-2-4/h6-7,9,11H,1-5H2;3-4H,1-2H2. The molecule has 0 spiro atoms. The van der Waals surface area contributed by atoms with Crippen molar-refractivity contribution in [3.8, 4) is 0 Å². The number of carbonyl (C=O) groups excluding carboxylic acids is 1. The molecule has 1 aliphatic rings. The van der Waals surface area contributed by atoms with Crippen LogP contribution in [-0.4, -0.2) is 34.4 Å². The molecule has 0 aromatic heterocycles. The Morgan fingerprint density at radius 3 is 2.00 bits per heavy atom. The molecule has 0 bridgehead atoms. The zero-order chi connectivity index (χ0) is 12.4. The molecular weight excluding hydrogens is 248 g/mol. The lowest BCUT2D eigenvalue weighted by molar-refractivity contribution is -0.240. The Bertz CT molecular complexity index is 180. The summed E-state index contributed by atoms with van der Waals surface area (Å²) in [6.07, 6.45) is 3.11. The number of aliphatic hydroxyl groups is 1. The van der Waals surface area contributed by atoms with Gasteiger partial charge in [0.15, 0.2) is 0 Å². The monoisotopic (exact) mass is 268 g/mol. The van der Waals surface area contributed by atoms with E-state index in [4.69, 9.17) is 10.4 Å². The van der Waals surface area contributed by atoms with Gasteiger partial charge in [0.2, 0.25) is 0 Å². The van der Waals surface area contributed by atoms with Crippen molar-refractivity contribution in [2.75, 3.05) is 18.1 Å². The van der Waals surface area contributed by atoms with Crippen LogP contribution in [0.5, 0.6) is 0 Å². The van der Waals surface area contributed by atoms with Gasteiger partial charge in [0.25, 0.3) is 0 Å². The molecule has 6 heteroatoms. The molecule has 0 unspecified atom stereocenters. The first-order valence-corrected chi connectivity index (χ1v) is 6.63. The lowest BCUT2D eigenvalue weighted by atomic mass is 9.82. The van der Waals surface area contributed by atoms with Gasteiger partial charge >= 0.3 is 5.97 Å². The van der Waals surface area contributed by atoms with Crippen molar-refractivity contribution in [3.63, 3.8) is 0 Å². The van der Waals surface area contributed by atoms with Crippen LogP contribution < -0.4 is 0 Å². The van der Waals surface area contributed by atoms with E-state index in [9.17, 15) is 4.79 Å². The van der Waals surface area contributed by atoms with Crippen molar-refractivity contribution in [1.29, 1.82) is 0 Å². The van der Waals surface area contributed by atoms with Gasteiger partial charge in [-0.2, -0.15) is 30.5 Å². The van der Waals surface area contributed by atoms with Crippen molar-refractivity contribution in [1.82, 2.24) is 0 Å². The summed E-state index contributed by atoms with van der Waals surface area (Å²) in [7, 11) is 0. The molecule has 1 rings (SSSR count). The summed E-state index contributed by atoms with van der Waals surface area (Å²) in [6.45, 7) is 0.195. The lowest BCUT2D eigenvalue weighted by Crippen LogP contribution is -2.24. The molecule has 0 saturated heterocycles. The maximum absolute atomic E-state index is 10.8. The normalized spacial score (nSPS) is 24.2. The second kappa shape index (κ2) is 10.3. The highest BCUT2D eigenvalue weighted by Gasteiger charge is 2.27. The Morgan fingerprint density at radius 1 is 1.19 bits per heavy atom. The predicted octanol–water partition coefficient (Wildman–Crippen LogP) is 1.65. The molecule has 0 aliphatic heterocycles. The van der Waals surface area contributed by atoms with Gasteiger partial charge in [-0.1, -0.05) is 0 Å². The third-order valence-corrected chi connectivity index (χ3v) is 3.43. The molecule has 16 heavy (non-hydrogen) atoms. The average molecular weight is 268 g/mol. The van der Waals surface area contributed by atoms with E-state index in [1.54, 1.807) is 0 Å². The summed E-state index contributed by atoms with van der Waals surface area (Å²) in [4.78, 5) is 14.5. The fourth-order valence-electron chi connectivity index (χ4n) is 1.66. The van der Waals surface area contributed by atoms with E-state index in [1.807, 2.05) is 0 Å². The zero-order valence-corrected chi connectivity index (χ0v) is 11.0. The predicted molar refractivity (Wildman–Crippen MR) is 69.0 cm³/mol. The van der Waals surface area contributed by atoms with Gasteiger partial charge in [0.1, 0.15) is 0 Å². The molecule has 0 atom stereocenters. The number of carbonyl (C=O) groups is 1. The average Bonchev–Trinajstić information content (AvgIpc) is 2.38. The van der Waals surface area contributed by atoms with Crippen LogP contribution in [0.4, 0.5) is 0 Å². The maximum atomic E-state index is 10.8. The van der Waals surface area contributed by atoms with E-state index in [0.717, 1.165) is 24.3 Å². The van der Waals surface area contributed by atoms with Gasteiger partial charge in [-0.25, -0.2) is 4.79 Å². The van der Waals surface area contributed by atoms with E-state index in [1.165, 1.54) is 0 Å². The molecule has 0 amide bonds. The summed E-state index contributed by atoms with van der Waals surface area (Å²) in [6, 6.07) is 0. The number of thiol groups is 2. The SMILES string of the molecule is O=C(OO)C1CCC(CO)CC1.SCCS. The van der Waals surface area contributed by atoms with Crippen molar-refractivity contribution in [2.45, 2.75) is 25.7 Å². The van der Waals surface area contributed by atoms with E-state index < -0.39 is 5.97 Å². The minimum absolute atomic E-state index is 0.169. The molecule has 0 aromatic rings. The molecule has 0 radical (unpaired) electrons. The summed E-state index contributed by atoms with van der Waals surface area (Å²) in [5, 5.41) is 16.9. The molecule has 2 N–H and O–H groups in total. The minimum atomic E-state index is -0.536. The Morgan fingerprint density at radius 2 is 1.69 bits per heavy atom. The summed E-state index contributed by atoms with van der Waals surface area (Å²) >= 11 is 7.69. The topological polar surface area (TPSA) is 66.8 Å². The summed E-state index contributed by atoms with van der Waals surface area (Å²) in [5.74, 6) is 1.38. The number of hydrogen-bond donors (Lipinski definition) is 4.